The van der Waals surface area contributed by atoms with Crippen molar-refractivity contribution in [3.63, 3.8) is 0 Å². The van der Waals surface area contributed by atoms with Crippen molar-refractivity contribution in [1.82, 2.24) is 5.32 Å². The minimum Gasteiger partial charge on any atom is -0.445 e. The summed E-state index contributed by atoms with van der Waals surface area (Å²) in [6.07, 6.45) is 1.14. The average molecular weight is 337 g/mol. The molecule has 130 valence electrons. The highest BCUT2D eigenvalue weighted by atomic mass is 16.6. The summed E-state index contributed by atoms with van der Waals surface area (Å²) in [6.45, 7) is 5.73. The van der Waals surface area contributed by atoms with Gasteiger partial charge in [-0.25, -0.2) is 4.79 Å². The fourth-order valence-corrected chi connectivity index (χ4v) is 3.19. The molecule has 1 aliphatic rings. The number of carbonyl (C=O) groups is 2. The quantitative estimate of drug-likeness (QED) is 0.865. The van der Waals surface area contributed by atoms with Crippen LogP contribution < -0.4 is 5.32 Å². The molecule has 25 heavy (non-hydrogen) atoms. The Morgan fingerprint density at radius 1 is 1.20 bits per heavy atom. The second-order valence-electron chi connectivity index (χ2n) is 6.80. The number of hydrogen-bond acceptors (Lipinski definition) is 3. The monoisotopic (exact) mass is 337 g/mol. The highest BCUT2D eigenvalue weighted by Gasteiger charge is 2.43. The van der Waals surface area contributed by atoms with Crippen LogP contribution in [0.25, 0.3) is 0 Å². The Labute approximate surface area is 148 Å². The molecule has 0 fully saturated rings. The fraction of sp³-hybridized carbons (Fsp3) is 0.333. The van der Waals surface area contributed by atoms with E-state index in [-0.39, 0.29) is 11.9 Å². The van der Waals surface area contributed by atoms with Crippen LogP contribution in [0.1, 0.15) is 53.4 Å². The molecule has 2 aromatic carbocycles. The molecule has 0 spiro atoms. The van der Waals surface area contributed by atoms with E-state index < -0.39 is 11.6 Å². The van der Waals surface area contributed by atoms with E-state index in [0.717, 1.165) is 17.5 Å². The molecule has 0 saturated carbocycles. The number of cyclic esters (lactones) is 1. The van der Waals surface area contributed by atoms with Gasteiger partial charge in [0.25, 0.3) is 5.91 Å². The van der Waals surface area contributed by atoms with E-state index >= 15 is 0 Å². The molecule has 1 amide bonds. The topological polar surface area (TPSA) is 55.4 Å². The summed E-state index contributed by atoms with van der Waals surface area (Å²) in [5.74, 6) is -0.703. The number of nitrogens with one attached hydrogen (secondary N) is 1. The minimum absolute atomic E-state index is 0.110. The van der Waals surface area contributed by atoms with Gasteiger partial charge in [-0.05, 0) is 37.5 Å². The predicted octanol–water partition coefficient (Wildman–Crippen LogP) is 3.73. The number of esters is 1. The van der Waals surface area contributed by atoms with Gasteiger partial charge in [-0.2, -0.15) is 0 Å². The Morgan fingerprint density at radius 3 is 2.56 bits per heavy atom. The van der Waals surface area contributed by atoms with Crippen LogP contribution in [0.3, 0.4) is 0 Å². The third-order valence-electron chi connectivity index (χ3n) is 4.76. The standard InChI is InChI=1S/C21H23NO3/c1-4-18(15-11-9-14(2)10-12-15)22-20(24)21(3)13-16-7-5-6-8-17(16)19(23)25-21/h5-12,18H,4,13H2,1-3H3,(H,22,24). The first kappa shape index (κ1) is 17.2. The van der Waals surface area contributed by atoms with Crippen LogP contribution >= 0.6 is 0 Å². The van der Waals surface area contributed by atoms with Gasteiger partial charge in [0.05, 0.1) is 11.6 Å². The average Bonchev–Trinajstić information content (AvgIpc) is 2.60. The Kier molecular flexibility index (Phi) is 4.62. The number of rotatable bonds is 4. The first-order valence-corrected chi connectivity index (χ1v) is 8.62. The van der Waals surface area contributed by atoms with Crippen molar-refractivity contribution >= 4 is 11.9 Å². The van der Waals surface area contributed by atoms with Crippen molar-refractivity contribution < 1.29 is 14.3 Å². The van der Waals surface area contributed by atoms with Crippen LogP contribution in [0.5, 0.6) is 0 Å². The number of benzene rings is 2. The van der Waals surface area contributed by atoms with Gasteiger partial charge in [-0.3, -0.25) is 4.79 Å². The lowest BCUT2D eigenvalue weighted by Crippen LogP contribution is -2.52. The van der Waals surface area contributed by atoms with Gasteiger partial charge >= 0.3 is 5.97 Å². The molecule has 1 heterocycles. The zero-order chi connectivity index (χ0) is 18.0. The molecule has 0 aromatic heterocycles. The molecule has 2 atom stereocenters. The second kappa shape index (κ2) is 6.71. The number of amides is 1. The van der Waals surface area contributed by atoms with Crippen molar-refractivity contribution in [3.05, 3.63) is 70.8 Å². The molecule has 0 bridgehead atoms. The molecule has 3 rings (SSSR count). The summed E-state index contributed by atoms with van der Waals surface area (Å²) >= 11 is 0. The first-order chi connectivity index (χ1) is 11.9. The van der Waals surface area contributed by atoms with Crippen LogP contribution in [0, 0.1) is 6.92 Å². The van der Waals surface area contributed by atoms with Gasteiger partial charge in [-0.1, -0.05) is 55.0 Å². The summed E-state index contributed by atoms with van der Waals surface area (Å²) < 4.78 is 5.51. The number of fused-ring (bicyclic) bond motifs is 1. The minimum atomic E-state index is -1.19. The van der Waals surface area contributed by atoms with Crippen molar-refractivity contribution in [2.75, 3.05) is 0 Å². The Balaban J connectivity index is 1.80. The lowest BCUT2D eigenvalue weighted by Gasteiger charge is -2.34. The molecule has 0 saturated heterocycles. The zero-order valence-electron chi connectivity index (χ0n) is 14.8. The van der Waals surface area contributed by atoms with E-state index in [2.05, 4.69) is 5.32 Å². The molecule has 4 nitrogen and oxygen atoms in total. The number of hydrogen-bond donors (Lipinski definition) is 1. The molecule has 1 aliphatic heterocycles. The zero-order valence-corrected chi connectivity index (χ0v) is 14.8. The maximum atomic E-state index is 12.9. The molecule has 0 aliphatic carbocycles. The smallest absolute Gasteiger partial charge is 0.339 e. The Morgan fingerprint density at radius 2 is 1.88 bits per heavy atom. The summed E-state index contributed by atoms with van der Waals surface area (Å²) in [7, 11) is 0. The largest absolute Gasteiger partial charge is 0.445 e. The van der Waals surface area contributed by atoms with Gasteiger partial charge in [0.15, 0.2) is 5.60 Å². The van der Waals surface area contributed by atoms with E-state index in [1.54, 1.807) is 19.1 Å². The van der Waals surface area contributed by atoms with Gasteiger partial charge in [0, 0.05) is 6.42 Å². The molecule has 0 radical (unpaired) electrons. The molecule has 2 aromatic rings. The van der Waals surface area contributed by atoms with E-state index in [4.69, 9.17) is 4.74 Å². The van der Waals surface area contributed by atoms with Gasteiger partial charge < -0.3 is 10.1 Å². The number of ether oxygens (including phenoxy) is 1. The van der Waals surface area contributed by atoms with Crippen LogP contribution in [-0.2, 0) is 16.0 Å². The van der Waals surface area contributed by atoms with E-state index in [0.29, 0.717) is 12.0 Å². The summed E-state index contributed by atoms with van der Waals surface area (Å²) in [5, 5.41) is 3.05. The van der Waals surface area contributed by atoms with Crippen molar-refractivity contribution in [2.45, 2.75) is 45.3 Å². The van der Waals surface area contributed by atoms with Gasteiger partial charge in [0.1, 0.15) is 0 Å². The lowest BCUT2D eigenvalue weighted by atomic mass is 9.89. The molecular formula is C21H23NO3. The fourth-order valence-electron chi connectivity index (χ4n) is 3.19. The maximum absolute atomic E-state index is 12.9. The van der Waals surface area contributed by atoms with Crippen LogP contribution in [0.4, 0.5) is 0 Å². The van der Waals surface area contributed by atoms with Crippen LogP contribution in [-0.4, -0.2) is 17.5 Å². The first-order valence-electron chi connectivity index (χ1n) is 8.62. The summed E-state index contributed by atoms with van der Waals surface area (Å²) in [4.78, 5) is 25.2. The molecule has 2 unspecified atom stereocenters. The number of carbonyl (C=O) groups excluding carboxylic acids is 2. The third kappa shape index (κ3) is 3.43. The van der Waals surface area contributed by atoms with Crippen molar-refractivity contribution in [3.8, 4) is 0 Å². The molecular weight excluding hydrogens is 314 g/mol. The van der Waals surface area contributed by atoms with E-state index in [1.165, 1.54) is 5.56 Å². The van der Waals surface area contributed by atoms with E-state index in [9.17, 15) is 9.59 Å². The van der Waals surface area contributed by atoms with Crippen LogP contribution in [0.15, 0.2) is 48.5 Å². The highest BCUT2D eigenvalue weighted by Crippen LogP contribution is 2.29. The Hall–Kier alpha value is -2.62. The lowest BCUT2D eigenvalue weighted by molar-refractivity contribution is -0.140. The van der Waals surface area contributed by atoms with Crippen molar-refractivity contribution in [1.29, 1.82) is 0 Å². The molecule has 1 N–H and O–H groups in total. The number of aryl methyl sites for hydroxylation is 1. The van der Waals surface area contributed by atoms with E-state index in [1.807, 2.05) is 50.2 Å². The maximum Gasteiger partial charge on any atom is 0.339 e. The third-order valence-corrected chi connectivity index (χ3v) is 4.76. The van der Waals surface area contributed by atoms with Gasteiger partial charge in [0.2, 0.25) is 0 Å². The van der Waals surface area contributed by atoms with Crippen molar-refractivity contribution in [2.24, 2.45) is 0 Å². The van der Waals surface area contributed by atoms with Gasteiger partial charge in [-0.15, -0.1) is 0 Å². The summed E-state index contributed by atoms with van der Waals surface area (Å²) in [5.41, 5.74) is 2.42. The normalized spacial score (nSPS) is 20.4. The molecule has 4 heteroatoms. The summed E-state index contributed by atoms with van der Waals surface area (Å²) in [6, 6.07) is 15.3. The SMILES string of the molecule is CCC(NC(=O)C1(C)Cc2ccccc2C(=O)O1)c1ccc(C)cc1. The highest BCUT2D eigenvalue weighted by molar-refractivity contribution is 5.97. The Bertz CT molecular complexity index is 797. The second-order valence-corrected chi connectivity index (χ2v) is 6.80. The van der Waals surface area contributed by atoms with Crippen LogP contribution in [0.2, 0.25) is 0 Å². The predicted molar refractivity (Wildman–Crippen MR) is 96.3 cm³/mol.